The number of hydrogen-bond acceptors (Lipinski definition) is 2. The van der Waals surface area contributed by atoms with Crippen molar-refractivity contribution in [2.45, 2.75) is 26.2 Å². The van der Waals surface area contributed by atoms with E-state index < -0.39 is 11.7 Å². The molecule has 0 bridgehead atoms. The number of allylic oxidation sites excluding steroid dienone is 1. The molecule has 1 aromatic rings. The van der Waals surface area contributed by atoms with Crippen molar-refractivity contribution in [1.82, 2.24) is 4.90 Å². The van der Waals surface area contributed by atoms with Gasteiger partial charge in [0.1, 0.15) is 5.82 Å². The lowest BCUT2D eigenvalue weighted by Crippen LogP contribution is -2.48. The van der Waals surface area contributed by atoms with Crippen LogP contribution < -0.4 is 0 Å². The summed E-state index contributed by atoms with van der Waals surface area (Å²) in [5.74, 6) is -1.02. The molecule has 0 radical (unpaired) electrons. The molecular formula is C17H21ClFNO2. The molecule has 1 atom stereocenters. The predicted molar refractivity (Wildman–Crippen MR) is 85.6 cm³/mol. The van der Waals surface area contributed by atoms with Crippen molar-refractivity contribution in [1.29, 1.82) is 0 Å². The van der Waals surface area contributed by atoms with Crippen LogP contribution in [-0.2, 0) is 0 Å². The Hall–Kier alpha value is -1.39. The second kappa shape index (κ2) is 6.80. The molecular weight excluding hydrogens is 305 g/mol. The van der Waals surface area contributed by atoms with Crippen molar-refractivity contribution in [2.75, 3.05) is 19.7 Å². The average molecular weight is 326 g/mol. The normalized spacial score (nSPS) is 21.7. The van der Waals surface area contributed by atoms with Crippen molar-refractivity contribution in [3.63, 3.8) is 0 Å². The number of aryl methyl sites for hydroxylation is 1. The summed E-state index contributed by atoms with van der Waals surface area (Å²) in [7, 11) is 0. The number of aliphatic hydroxyl groups is 1. The standard InChI is InChI=1S/C17H21ClFNO2/c1-3-7-17(11-21)8-4-9-20(10-17)16(22)14-13(19)6-5-12(2)15(14)18/h3,5-6,21H,1,4,7-11H2,2H3/t17-/m1/s1. The first-order chi connectivity index (χ1) is 10.4. The van der Waals surface area contributed by atoms with E-state index in [1.54, 1.807) is 24.0 Å². The lowest BCUT2D eigenvalue weighted by molar-refractivity contribution is 0.0282. The van der Waals surface area contributed by atoms with Gasteiger partial charge in [-0.05, 0) is 37.8 Å². The Morgan fingerprint density at radius 3 is 2.95 bits per heavy atom. The van der Waals surface area contributed by atoms with Gasteiger partial charge in [-0.15, -0.1) is 6.58 Å². The molecule has 1 amide bonds. The van der Waals surface area contributed by atoms with Crippen molar-refractivity contribution in [2.24, 2.45) is 5.41 Å². The summed E-state index contributed by atoms with van der Waals surface area (Å²) >= 11 is 6.13. The highest BCUT2D eigenvalue weighted by molar-refractivity contribution is 6.34. The second-order valence-corrected chi connectivity index (χ2v) is 6.41. The van der Waals surface area contributed by atoms with Crippen LogP contribution in [0, 0.1) is 18.2 Å². The highest BCUT2D eigenvalue weighted by atomic mass is 35.5. The third-order valence-corrected chi connectivity index (χ3v) is 4.85. The Morgan fingerprint density at radius 1 is 1.59 bits per heavy atom. The highest BCUT2D eigenvalue weighted by Crippen LogP contribution is 2.35. The monoisotopic (exact) mass is 325 g/mol. The van der Waals surface area contributed by atoms with Gasteiger partial charge in [0.2, 0.25) is 0 Å². The van der Waals surface area contributed by atoms with E-state index >= 15 is 0 Å². The molecule has 3 nitrogen and oxygen atoms in total. The molecule has 1 N–H and O–H groups in total. The molecule has 5 heteroatoms. The fourth-order valence-electron chi connectivity index (χ4n) is 3.06. The molecule has 0 aliphatic carbocycles. The van der Waals surface area contributed by atoms with Gasteiger partial charge in [0.05, 0.1) is 17.2 Å². The van der Waals surface area contributed by atoms with Crippen LogP contribution in [0.15, 0.2) is 24.8 Å². The number of amides is 1. The van der Waals surface area contributed by atoms with Gasteiger partial charge >= 0.3 is 0 Å². The molecule has 2 rings (SSSR count). The summed E-state index contributed by atoms with van der Waals surface area (Å²) in [6.45, 7) is 6.37. The number of hydrogen-bond donors (Lipinski definition) is 1. The summed E-state index contributed by atoms with van der Waals surface area (Å²) in [4.78, 5) is 14.3. The molecule has 1 aromatic carbocycles. The molecule has 1 aliphatic rings. The number of carbonyl (C=O) groups excluding carboxylic acids is 1. The molecule has 0 aromatic heterocycles. The number of benzene rings is 1. The van der Waals surface area contributed by atoms with Crippen molar-refractivity contribution < 1.29 is 14.3 Å². The molecule has 120 valence electrons. The first-order valence-electron chi connectivity index (χ1n) is 7.40. The minimum Gasteiger partial charge on any atom is -0.396 e. The van der Waals surface area contributed by atoms with Crippen molar-refractivity contribution in [3.05, 3.63) is 46.8 Å². The summed E-state index contributed by atoms with van der Waals surface area (Å²) in [5, 5.41) is 9.87. The van der Waals surface area contributed by atoms with Crippen LogP contribution in [0.5, 0.6) is 0 Å². The Labute approximate surface area is 135 Å². The van der Waals surface area contributed by atoms with Crippen LogP contribution in [0.4, 0.5) is 4.39 Å². The molecule has 0 saturated carbocycles. The fraction of sp³-hybridized carbons (Fsp3) is 0.471. The maximum atomic E-state index is 14.1. The molecule has 1 saturated heterocycles. The van der Waals surface area contributed by atoms with Gasteiger partial charge in [-0.2, -0.15) is 0 Å². The van der Waals surface area contributed by atoms with Crippen molar-refractivity contribution in [3.8, 4) is 0 Å². The van der Waals surface area contributed by atoms with Crippen LogP contribution in [-0.4, -0.2) is 35.6 Å². The molecule has 1 heterocycles. The largest absolute Gasteiger partial charge is 0.396 e. The Bertz CT molecular complexity index is 590. The number of piperidine rings is 1. The molecule has 1 aliphatic heterocycles. The molecule has 1 fully saturated rings. The first-order valence-corrected chi connectivity index (χ1v) is 7.77. The number of rotatable bonds is 4. The van der Waals surface area contributed by atoms with E-state index in [0.29, 0.717) is 25.1 Å². The summed E-state index contributed by atoms with van der Waals surface area (Å²) < 4.78 is 14.1. The van der Waals surface area contributed by atoms with Gasteiger partial charge in [0.25, 0.3) is 5.91 Å². The average Bonchev–Trinajstić information content (AvgIpc) is 2.52. The van der Waals surface area contributed by atoms with E-state index in [4.69, 9.17) is 11.6 Å². The maximum Gasteiger partial charge on any atom is 0.258 e. The number of likely N-dealkylation sites (tertiary alicyclic amines) is 1. The first kappa shape index (κ1) is 17.0. The molecule has 0 spiro atoms. The molecule has 22 heavy (non-hydrogen) atoms. The zero-order valence-corrected chi connectivity index (χ0v) is 13.5. The minimum atomic E-state index is -0.607. The SMILES string of the molecule is C=CC[C@@]1(CO)CCCN(C(=O)c2c(F)ccc(C)c2Cl)C1. The van der Waals surface area contributed by atoms with Gasteiger partial charge in [-0.25, -0.2) is 4.39 Å². The lowest BCUT2D eigenvalue weighted by atomic mass is 9.77. The second-order valence-electron chi connectivity index (χ2n) is 6.03. The summed E-state index contributed by atoms with van der Waals surface area (Å²) in [5.41, 5.74) is 0.208. The number of halogens is 2. The third-order valence-electron chi connectivity index (χ3n) is 4.36. The van der Waals surface area contributed by atoms with Crippen LogP contribution in [0.25, 0.3) is 0 Å². The Balaban J connectivity index is 2.30. The lowest BCUT2D eigenvalue weighted by Gasteiger charge is -2.41. The van der Waals surface area contributed by atoms with E-state index in [1.807, 2.05) is 0 Å². The van der Waals surface area contributed by atoms with Gasteiger partial charge in [-0.3, -0.25) is 4.79 Å². The van der Waals surface area contributed by atoms with Crippen LogP contribution in [0.2, 0.25) is 5.02 Å². The molecule has 0 unspecified atom stereocenters. The van der Waals surface area contributed by atoms with E-state index in [0.717, 1.165) is 12.8 Å². The number of aliphatic hydroxyl groups excluding tert-OH is 1. The summed E-state index contributed by atoms with van der Waals surface area (Å²) in [6, 6.07) is 2.82. The van der Waals surface area contributed by atoms with Gasteiger partial charge in [0.15, 0.2) is 0 Å². The zero-order valence-electron chi connectivity index (χ0n) is 12.7. The third kappa shape index (κ3) is 3.18. The highest BCUT2D eigenvalue weighted by Gasteiger charge is 2.37. The fourth-order valence-corrected chi connectivity index (χ4v) is 3.29. The topological polar surface area (TPSA) is 40.5 Å². The van der Waals surface area contributed by atoms with E-state index in [2.05, 4.69) is 6.58 Å². The van der Waals surface area contributed by atoms with Crippen LogP contribution in [0.3, 0.4) is 0 Å². The Morgan fingerprint density at radius 2 is 2.32 bits per heavy atom. The van der Waals surface area contributed by atoms with Gasteiger partial charge in [0, 0.05) is 18.5 Å². The van der Waals surface area contributed by atoms with Gasteiger partial charge in [-0.1, -0.05) is 23.7 Å². The van der Waals surface area contributed by atoms with Crippen molar-refractivity contribution >= 4 is 17.5 Å². The number of carbonyl (C=O) groups is 1. The number of nitrogens with zero attached hydrogens (tertiary/aromatic N) is 1. The quantitative estimate of drug-likeness (QED) is 0.860. The maximum absolute atomic E-state index is 14.1. The zero-order chi connectivity index (χ0) is 16.3. The summed E-state index contributed by atoms with van der Waals surface area (Å²) in [6.07, 6.45) is 3.97. The minimum absolute atomic E-state index is 0.0210. The van der Waals surface area contributed by atoms with E-state index in [-0.39, 0.29) is 22.6 Å². The predicted octanol–water partition coefficient (Wildman–Crippen LogP) is 3.58. The van der Waals surface area contributed by atoms with E-state index in [9.17, 15) is 14.3 Å². The van der Waals surface area contributed by atoms with Crippen LogP contribution >= 0.6 is 11.6 Å². The van der Waals surface area contributed by atoms with Crippen LogP contribution in [0.1, 0.15) is 35.2 Å². The van der Waals surface area contributed by atoms with Gasteiger partial charge < -0.3 is 10.0 Å². The smallest absolute Gasteiger partial charge is 0.258 e. The Kier molecular flexibility index (Phi) is 5.24. The van der Waals surface area contributed by atoms with E-state index in [1.165, 1.54) is 6.07 Å².